The van der Waals surface area contributed by atoms with Crippen molar-refractivity contribution in [2.75, 3.05) is 12.4 Å². The lowest BCUT2D eigenvalue weighted by Gasteiger charge is -2.12. The molecule has 0 bridgehead atoms. The molecule has 3 aromatic rings. The van der Waals surface area contributed by atoms with Crippen LogP contribution in [0.15, 0.2) is 72.8 Å². The third-order valence-corrected chi connectivity index (χ3v) is 4.19. The normalized spacial score (nSPS) is 11.9. The number of anilines is 1. The number of carbonyl (C=O) groups is 2. The number of fused-ring (bicyclic) bond motifs is 1. The first-order valence-corrected chi connectivity index (χ1v) is 8.87. The smallest absolute Gasteiger partial charge is 0.331 e. The molecule has 142 valence electrons. The first kappa shape index (κ1) is 19.2. The summed E-state index contributed by atoms with van der Waals surface area (Å²) in [5, 5.41) is 4.78. The minimum Gasteiger partial charge on any atom is -0.497 e. The Labute approximate surface area is 163 Å². The Morgan fingerprint density at radius 3 is 2.43 bits per heavy atom. The van der Waals surface area contributed by atoms with E-state index in [1.165, 1.54) is 13.0 Å². The quantitative estimate of drug-likeness (QED) is 0.511. The predicted octanol–water partition coefficient (Wildman–Crippen LogP) is 4.43. The topological polar surface area (TPSA) is 64.6 Å². The molecule has 1 N–H and O–H groups in total. The molecule has 0 aliphatic carbocycles. The number of hydrogen-bond donors (Lipinski definition) is 1. The van der Waals surface area contributed by atoms with E-state index in [9.17, 15) is 9.59 Å². The predicted molar refractivity (Wildman–Crippen MR) is 110 cm³/mol. The largest absolute Gasteiger partial charge is 0.497 e. The van der Waals surface area contributed by atoms with Gasteiger partial charge in [-0.3, -0.25) is 4.79 Å². The average molecular weight is 375 g/mol. The van der Waals surface area contributed by atoms with Crippen LogP contribution in [-0.2, 0) is 14.3 Å². The maximum atomic E-state index is 12.1. The number of esters is 1. The first-order chi connectivity index (χ1) is 13.5. The van der Waals surface area contributed by atoms with Gasteiger partial charge in [0.15, 0.2) is 6.10 Å². The fourth-order valence-corrected chi connectivity index (χ4v) is 2.67. The Morgan fingerprint density at radius 1 is 0.964 bits per heavy atom. The third kappa shape index (κ3) is 4.98. The van der Waals surface area contributed by atoms with Crippen LogP contribution in [0, 0.1) is 0 Å². The Bertz CT molecular complexity index is 1010. The number of carbonyl (C=O) groups excluding carboxylic acids is 2. The van der Waals surface area contributed by atoms with Crippen LogP contribution in [0.2, 0.25) is 0 Å². The van der Waals surface area contributed by atoms with Gasteiger partial charge in [-0.05, 0) is 59.7 Å². The van der Waals surface area contributed by atoms with Crippen molar-refractivity contribution < 1.29 is 19.1 Å². The third-order valence-electron chi connectivity index (χ3n) is 4.19. The van der Waals surface area contributed by atoms with Gasteiger partial charge in [-0.15, -0.1) is 0 Å². The lowest BCUT2D eigenvalue weighted by molar-refractivity contribution is -0.148. The van der Waals surface area contributed by atoms with Gasteiger partial charge in [0.05, 0.1) is 7.11 Å². The van der Waals surface area contributed by atoms with Gasteiger partial charge in [-0.2, -0.15) is 0 Å². The van der Waals surface area contributed by atoms with E-state index in [1.54, 1.807) is 25.3 Å². The molecule has 0 heterocycles. The molecular formula is C23H21NO4. The number of nitrogens with one attached hydrogen (secondary N) is 1. The van der Waals surface area contributed by atoms with Crippen molar-refractivity contribution in [3.05, 3.63) is 78.4 Å². The molecular weight excluding hydrogens is 354 g/mol. The number of benzene rings is 3. The minimum absolute atomic E-state index is 0.382. The molecule has 0 spiro atoms. The van der Waals surface area contributed by atoms with E-state index in [1.807, 2.05) is 54.6 Å². The van der Waals surface area contributed by atoms with Crippen LogP contribution in [0.25, 0.3) is 16.8 Å². The lowest BCUT2D eigenvalue weighted by atomic mass is 10.1. The molecule has 0 aliphatic heterocycles. The summed E-state index contributed by atoms with van der Waals surface area (Å²) in [4.78, 5) is 24.1. The monoisotopic (exact) mass is 375 g/mol. The van der Waals surface area contributed by atoms with Gasteiger partial charge >= 0.3 is 5.97 Å². The standard InChI is InChI=1S/C23H21NO4/c1-16(23(26)24-20-6-4-3-5-7-20)28-22(25)13-9-17-8-10-19-15-21(27-2)12-11-18(19)14-17/h3-16H,1-2H3,(H,24,26)/b13-9+/t16-/m1/s1. The molecule has 0 fully saturated rings. The maximum Gasteiger partial charge on any atom is 0.331 e. The molecule has 5 heteroatoms. The molecule has 3 rings (SSSR count). The maximum absolute atomic E-state index is 12.1. The van der Waals surface area contributed by atoms with Crippen molar-refractivity contribution >= 4 is 34.4 Å². The second kappa shape index (κ2) is 8.86. The molecule has 0 aromatic heterocycles. The van der Waals surface area contributed by atoms with Gasteiger partial charge in [-0.25, -0.2) is 4.79 Å². The van der Waals surface area contributed by atoms with Gasteiger partial charge < -0.3 is 14.8 Å². The fourth-order valence-electron chi connectivity index (χ4n) is 2.67. The SMILES string of the molecule is COc1ccc2cc(/C=C/C(=O)O[C@H](C)C(=O)Nc3ccccc3)ccc2c1. The number of rotatable bonds is 6. The van der Waals surface area contributed by atoms with Crippen LogP contribution >= 0.6 is 0 Å². The van der Waals surface area contributed by atoms with Crippen molar-refractivity contribution in [2.45, 2.75) is 13.0 Å². The molecule has 0 radical (unpaired) electrons. The summed E-state index contributed by atoms with van der Waals surface area (Å²) in [7, 11) is 1.63. The Morgan fingerprint density at radius 2 is 1.68 bits per heavy atom. The summed E-state index contributed by atoms with van der Waals surface area (Å²) in [6.07, 6.45) is 2.08. The van der Waals surface area contributed by atoms with E-state index in [0.717, 1.165) is 22.1 Å². The molecule has 5 nitrogen and oxygen atoms in total. The van der Waals surface area contributed by atoms with Crippen molar-refractivity contribution in [3.63, 3.8) is 0 Å². The van der Waals surface area contributed by atoms with Crippen LogP contribution in [0.1, 0.15) is 12.5 Å². The molecule has 3 aromatic carbocycles. The van der Waals surface area contributed by atoms with E-state index in [4.69, 9.17) is 9.47 Å². The van der Waals surface area contributed by atoms with Gasteiger partial charge in [0.2, 0.25) is 0 Å². The summed E-state index contributed by atoms with van der Waals surface area (Å²) < 4.78 is 10.4. The number of para-hydroxylation sites is 1. The molecule has 0 unspecified atom stereocenters. The zero-order valence-electron chi connectivity index (χ0n) is 15.7. The van der Waals surface area contributed by atoms with E-state index in [2.05, 4.69) is 5.32 Å². The van der Waals surface area contributed by atoms with Crippen LogP contribution < -0.4 is 10.1 Å². The zero-order valence-corrected chi connectivity index (χ0v) is 15.7. The molecule has 0 saturated carbocycles. The second-order valence-electron chi connectivity index (χ2n) is 6.24. The van der Waals surface area contributed by atoms with E-state index in [-0.39, 0.29) is 5.91 Å². The van der Waals surface area contributed by atoms with Crippen molar-refractivity contribution in [2.24, 2.45) is 0 Å². The van der Waals surface area contributed by atoms with Crippen molar-refractivity contribution in [1.29, 1.82) is 0 Å². The Kier molecular flexibility index (Phi) is 6.07. The highest BCUT2D eigenvalue weighted by atomic mass is 16.5. The number of ether oxygens (including phenoxy) is 2. The van der Waals surface area contributed by atoms with E-state index >= 15 is 0 Å². The Hall–Kier alpha value is -3.60. The van der Waals surface area contributed by atoms with E-state index < -0.39 is 12.1 Å². The summed E-state index contributed by atoms with van der Waals surface area (Å²) in [6, 6.07) is 20.6. The number of hydrogen-bond acceptors (Lipinski definition) is 4. The zero-order chi connectivity index (χ0) is 19.9. The van der Waals surface area contributed by atoms with Crippen molar-refractivity contribution in [1.82, 2.24) is 0 Å². The molecule has 0 aliphatic rings. The van der Waals surface area contributed by atoms with Crippen LogP contribution in [0.3, 0.4) is 0 Å². The highest BCUT2D eigenvalue weighted by Gasteiger charge is 2.16. The van der Waals surface area contributed by atoms with E-state index in [0.29, 0.717) is 5.69 Å². The summed E-state index contributed by atoms with van der Waals surface area (Å²) in [6.45, 7) is 1.54. The van der Waals surface area contributed by atoms with Crippen LogP contribution in [0.5, 0.6) is 5.75 Å². The second-order valence-corrected chi connectivity index (χ2v) is 6.24. The highest BCUT2D eigenvalue weighted by Crippen LogP contribution is 2.22. The molecule has 1 amide bonds. The number of methoxy groups -OCH3 is 1. The van der Waals surface area contributed by atoms with Gasteiger partial charge in [-0.1, -0.05) is 36.4 Å². The average Bonchev–Trinajstić information content (AvgIpc) is 2.72. The van der Waals surface area contributed by atoms with Crippen LogP contribution in [0.4, 0.5) is 5.69 Å². The summed E-state index contributed by atoms with van der Waals surface area (Å²) in [5.74, 6) is -0.166. The van der Waals surface area contributed by atoms with Gasteiger partial charge in [0, 0.05) is 11.8 Å². The first-order valence-electron chi connectivity index (χ1n) is 8.87. The Balaban J connectivity index is 1.59. The highest BCUT2D eigenvalue weighted by molar-refractivity contribution is 5.96. The van der Waals surface area contributed by atoms with Crippen LogP contribution in [-0.4, -0.2) is 25.1 Å². The lowest BCUT2D eigenvalue weighted by Crippen LogP contribution is -2.29. The van der Waals surface area contributed by atoms with Gasteiger partial charge in [0.25, 0.3) is 5.91 Å². The minimum atomic E-state index is -0.901. The molecule has 0 saturated heterocycles. The fraction of sp³-hybridized carbons (Fsp3) is 0.130. The van der Waals surface area contributed by atoms with Crippen molar-refractivity contribution in [3.8, 4) is 5.75 Å². The molecule has 1 atom stereocenters. The number of amides is 1. The summed E-state index contributed by atoms with van der Waals surface area (Å²) in [5.41, 5.74) is 1.51. The van der Waals surface area contributed by atoms with Gasteiger partial charge in [0.1, 0.15) is 5.75 Å². The summed E-state index contributed by atoms with van der Waals surface area (Å²) >= 11 is 0. The molecule has 28 heavy (non-hydrogen) atoms.